The molecule has 1 aliphatic carbocycles. The molecular weight excluding hydrogens is 265 g/mol. The summed E-state index contributed by atoms with van der Waals surface area (Å²) in [4.78, 5) is 3.99. The van der Waals surface area contributed by atoms with E-state index in [0.717, 1.165) is 24.2 Å². The molecule has 2 rings (SSSR count). The van der Waals surface area contributed by atoms with Gasteiger partial charge in [0.15, 0.2) is 5.69 Å². The van der Waals surface area contributed by atoms with Crippen LogP contribution in [0.15, 0.2) is 0 Å². The van der Waals surface area contributed by atoms with Crippen molar-refractivity contribution in [3.05, 3.63) is 15.6 Å². The van der Waals surface area contributed by atoms with Crippen LogP contribution in [0.3, 0.4) is 0 Å². The molecule has 18 heavy (non-hydrogen) atoms. The molecule has 1 unspecified atom stereocenters. The summed E-state index contributed by atoms with van der Waals surface area (Å²) in [6.07, 6.45) is -2.69. The quantitative estimate of drug-likeness (QED) is 0.900. The molecular formula is C11H15F3N2OS. The molecule has 3 nitrogen and oxygen atoms in total. The van der Waals surface area contributed by atoms with Gasteiger partial charge in [0.05, 0.1) is 4.88 Å². The third-order valence-electron chi connectivity index (χ3n) is 2.87. The van der Waals surface area contributed by atoms with Crippen LogP contribution in [0.4, 0.5) is 13.2 Å². The normalized spacial score (nSPS) is 18.1. The molecule has 1 atom stereocenters. The van der Waals surface area contributed by atoms with Crippen LogP contribution in [0, 0.1) is 5.92 Å². The fourth-order valence-electron chi connectivity index (χ4n) is 1.89. The Morgan fingerprint density at radius 3 is 2.61 bits per heavy atom. The number of rotatable bonds is 5. The summed E-state index contributed by atoms with van der Waals surface area (Å²) in [7, 11) is 3.14. The fourth-order valence-corrected chi connectivity index (χ4v) is 3.16. The Labute approximate surface area is 107 Å². The van der Waals surface area contributed by atoms with Crippen molar-refractivity contribution >= 4 is 11.3 Å². The fraction of sp³-hybridized carbons (Fsp3) is 0.727. The predicted molar refractivity (Wildman–Crippen MR) is 62.4 cm³/mol. The number of thiazole rings is 1. The minimum absolute atomic E-state index is 0.174. The van der Waals surface area contributed by atoms with Crippen molar-refractivity contribution in [1.29, 1.82) is 0 Å². The molecule has 1 aliphatic rings. The van der Waals surface area contributed by atoms with Crippen molar-refractivity contribution in [3.8, 4) is 0 Å². The third-order valence-corrected chi connectivity index (χ3v) is 3.98. The SMILES string of the molecule is CNCc1sc(C(OC)C2CC2)nc1C(F)(F)F. The van der Waals surface area contributed by atoms with Crippen LogP contribution >= 0.6 is 11.3 Å². The lowest BCUT2D eigenvalue weighted by molar-refractivity contribution is -0.141. The van der Waals surface area contributed by atoms with E-state index in [1.54, 1.807) is 7.05 Å². The minimum Gasteiger partial charge on any atom is -0.374 e. The summed E-state index contributed by atoms with van der Waals surface area (Å²) in [6, 6.07) is 0. The Hall–Kier alpha value is -0.660. The first-order valence-electron chi connectivity index (χ1n) is 5.71. The Morgan fingerprint density at radius 1 is 1.50 bits per heavy atom. The average Bonchev–Trinajstić information content (AvgIpc) is 3.00. The van der Waals surface area contributed by atoms with Gasteiger partial charge in [-0.2, -0.15) is 13.2 Å². The largest absolute Gasteiger partial charge is 0.434 e. The Morgan fingerprint density at radius 2 is 2.17 bits per heavy atom. The van der Waals surface area contributed by atoms with Crippen molar-refractivity contribution in [2.24, 2.45) is 5.92 Å². The maximum atomic E-state index is 12.8. The van der Waals surface area contributed by atoms with Crippen LogP contribution in [-0.4, -0.2) is 19.1 Å². The number of methoxy groups -OCH3 is 1. The van der Waals surface area contributed by atoms with Crippen LogP contribution in [0.25, 0.3) is 0 Å². The van der Waals surface area contributed by atoms with Gasteiger partial charge >= 0.3 is 6.18 Å². The molecule has 0 bridgehead atoms. The lowest BCUT2D eigenvalue weighted by atomic mass is 10.2. The van der Waals surface area contributed by atoms with Crippen molar-refractivity contribution < 1.29 is 17.9 Å². The number of hydrogen-bond acceptors (Lipinski definition) is 4. The summed E-state index contributed by atoms with van der Waals surface area (Å²) in [5, 5.41) is 3.18. The summed E-state index contributed by atoms with van der Waals surface area (Å²) in [5.41, 5.74) is -0.778. The zero-order valence-corrected chi connectivity index (χ0v) is 11.0. The number of hydrogen-bond donors (Lipinski definition) is 1. The van der Waals surface area contributed by atoms with Gasteiger partial charge in [-0.1, -0.05) is 0 Å². The van der Waals surface area contributed by atoms with E-state index in [2.05, 4.69) is 10.3 Å². The highest BCUT2D eigenvalue weighted by molar-refractivity contribution is 7.11. The summed E-state index contributed by atoms with van der Waals surface area (Å²) in [6.45, 7) is 0.174. The van der Waals surface area contributed by atoms with Gasteiger partial charge in [0.1, 0.15) is 11.1 Å². The smallest absolute Gasteiger partial charge is 0.374 e. The Balaban J connectivity index is 2.31. The molecule has 102 valence electrons. The van der Waals surface area contributed by atoms with Crippen LogP contribution in [-0.2, 0) is 17.5 Å². The zero-order valence-electron chi connectivity index (χ0n) is 10.2. The van der Waals surface area contributed by atoms with E-state index in [1.807, 2.05) is 0 Å². The van der Waals surface area contributed by atoms with Crippen molar-refractivity contribution in [2.45, 2.75) is 31.7 Å². The number of alkyl halides is 3. The van der Waals surface area contributed by atoms with Gasteiger partial charge in [-0.15, -0.1) is 11.3 Å². The Bertz CT molecular complexity index is 415. The lowest BCUT2D eigenvalue weighted by Gasteiger charge is -2.10. The molecule has 1 aromatic heterocycles. The van der Waals surface area contributed by atoms with Crippen molar-refractivity contribution in [3.63, 3.8) is 0 Å². The highest BCUT2D eigenvalue weighted by atomic mass is 32.1. The van der Waals surface area contributed by atoms with Crippen LogP contribution in [0.5, 0.6) is 0 Å². The molecule has 1 aromatic rings. The summed E-state index contributed by atoms with van der Waals surface area (Å²) >= 11 is 1.09. The standard InChI is InChI=1S/C11H15F3N2OS/c1-15-5-7-9(11(12,13)14)16-10(18-7)8(17-2)6-3-4-6/h6,8,15H,3-5H2,1-2H3. The van der Waals surface area contributed by atoms with Gasteiger partial charge in [-0.05, 0) is 25.8 Å². The number of nitrogens with zero attached hydrogens (tertiary/aromatic N) is 1. The molecule has 1 fully saturated rings. The maximum Gasteiger partial charge on any atom is 0.434 e. The second-order valence-electron chi connectivity index (χ2n) is 4.35. The van der Waals surface area contributed by atoms with E-state index in [1.165, 1.54) is 7.11 Å². The van der Waals surface area contributed by atoms with Crippen LogP contribution < -0.4 is 5.32 Å². The van der Waals surface area contributed by atoms with E-state index in [4.69, 9.17) is 4.74 Å². The number of ether oxygens (including phenoxy) is 1. The Kier molecular flexibility index (Phi) is 3.93. The number of nitrogens with one attached hydrogen (secondary N) is 1. The maximum absolute atomic E-state index is 12.8. The molecule has 1 heterocycles. The molecule has 0 spiro atoms. The predicted octanol–water partition coefficient (Wildman–Crippen LogP) is 2.98. The average molecular weight is 280 g/mol. The van der Waals surface area contributed by atoms with Crippen molar-refractivity contribution in [2.75, 3.05) is 14.2 Å². The molecule has 7 heteroatoms. The van der Waals surface area contributed by atoms with Crippen molar-refractivity contribution in [1.82, 2.24) is 10.3 Å². The highest BCUT2D eigenvalue weighted by Crippen LogP contribution is 2.45. The van der Waals surface area contributed by atoms with E-state index in [9.17, 15) is 13.2 Å². The second kappa shape index (κ2) is 5.14. The van der Waals surface area contributed by atoms with Crippen LogP contribution in [0.1, 0.15) is 34.5 Å². The first kappa shape index (κ1) is 13.8. The van der Waals surface area contributed by atoms with Gasteiger partial charge in [-0.3, -0.25) is 0 Å². The first-order chi connectivity index (χ1) is 8.47. The van der Waals surface area contributed by atoms with E-state index in [0.29, 0.717) is 10.9 Å². The molecule has 0 amide bonds. The molecule has 0 aliphatic heterocycles. The lowest BCUT2D eigenvalue weighted by Crippen LogP contribution is -2.13. The van der Waals surface area contributed by atoms with Gasteiger partial charge in [0.2, 0.25) is 0 Å². The zero-order chi connectivity index (χ0) is 13.3. The van der Waals surface area contributed by atoms with Crippen LogP contribution in [0.2, 0.25) is 0 Å². The van der Waals surface area contributed by atoms with Gasteiger partial charge in [-0.25, -0.2) is 4.98 Å². The number of halogens is 3. The first-order valence-corrected chi connectivity index (χ1v) is 6.53. The number of aromatic nitrogens is 1. The monoisotopic (exact) mass is 280 g/mol. The highest BCUT2D eigenvalue weighted by Gasteiger charge is 2.40. The molecule has 1 saturated carbocycles. The van der Waals surface area contributed by atoms with E-state index >= 15 is 0 Å². The third kappa shape index (κ3) is 2.84. The summed E-state index contributed by atoms with van der Waals surface area (Å²) in [5.74, 6) is 0.324. The van der Waals surface area contributed by atoms with E-state index in [-0.39, 0.29) is 17.5 Å². The van der Waals surface area contributed by atoms with Gasteiger partial charge in [0.25, 0.3) is 0 Å². The van der Waals surface area contributed by atoms with Gasteiger partial charge in [0, 0.05) is 13.7 Å². The molecule has 0 radical (unpaired) electrons. The molecule has 1 N–H and O–H groups in total. The second-order valence-corrected chi connectivity index (χ2v) is 5.46. The molecule has 0 saturated heterocycles. The molecule has 0 aromatic carbocycles. The van der Waals surface area contributed by atoms with E-state index < -0.39 is 11.9 Å². The minimum atomic E-state index is -4.40. The summed E-state index contributed by atoms with van der Waals surface area (Å²) < 4.78 is 43.8. The van der Waals surface area contributed by atoms with Gasteiger partial charge < -0.3 is 10.1 Å². The topological polar surface area (TPSA) is 34.1 Å².